The van der Waals surface area contributed by atoms with Crippen LogP contribution in [0.25, 0.3) is 0 Å². The van der Waals surface area contributed by atoms with Crippen LogP contribution in [0.4, 0.5) is 5.69 Å². The Morgan fingerprint density at radius 2 is 2.07 bits per heavy atom. The van der Waals surface area contributed by atoms with Crippen molar-refractivity contribution in [3.63, 3.8) is 0 Å². The summed E-state index contributed by atoms with van der Waals surface area (Å²) < 4.78 is 0. The fraction of sp³-hybridized carbons (Fsp3) is 0.417. The lowest BCUT2D eigenvalue weighted by Gasteiger charge is -2.24. The van der Waals surface area contributed by atoms with E-state index in [1.54, 1.807) is 6.07 Å². The van der Waals surface area contributed by atoms with E-state index in [-0.39, 0.29) is 6.61 Å². The van der Waals surface area contributed by atoms with Crippen LogP contribution in [0, 0.1) is 0 Å². The first-order chi connectivity index (χ1) is 7.33. The van der Waals surface area contributed by atoms with E-state index in [1.807, 2.05) is 23.1 Å². The van der Waals surface area contributed by atoms with Crippen LogP contribution in [0.1, 0.15) is 23.7 Å². The van der Waals surface area contributed by atoms with Gasteiger partial charge in [0.2, 0.25) is 0 Å². The summed E-state index contributed by atoms with van der Waals surface area (Å²) in [6, 6.07) is 7.45. The Morgan fingerprint density at radius 3 is 2.67 bits per heavy atom. The summed E-state index contributed by atoms with van der Waals surface area (Å²) >= 11 is 0. The molecular formula is C12H17NO2. The van der Waals surface area contributed by atoms with Gasteiger partial charge in [-0.05, 0) is 18.6 Å². The fourth-order valence-electron chi connectivity index (χ4n) is 1.62. The molecule has 82 valence electrons. The summed E-state index contributed by atoms with van der Waals surface area (Å²) in [5.74, 6) is 0. The minimum Gasteiger partial charge on any atom is -0.395 e. The van der Waals surface area contributed by atoms with Crippen molar-refractivity contribution in [2.24, 2.45) is 0 Å². The molecule has 0 heterocycles. The molecule has 1 N–H and O–H groups in total. The first-order valence-corrected chi connectivity index (χ1v) is 5.23. The number of hydrogen-bond acceptors (Lipinski definition) is 3. The molecule has 1 aromatic rings. The summed E-state index contributed by atoms with van der Waals surface area (Å²) in [5, 5.41) is 8.96. The van der Waals surface area contributed by atoms with E-state index in [0.29, 0.717) is 12.1 Å². The van der Waals surface area contributed by atoms with Crippen LogP contribution in [0.3, 0.4) is 0 Å². The second-order valence-electron chi connectivity index (χ2n) is 3.39. The Labute approximate surface area is 90.3 Å². The van der Waals surface area contributed by atoms with Crippen molar-refractivity contribution in [1.29, 1.82) is 0 Å². The quantitative estimate of drug-likeness (QED) is 0.722. The first kappa shape index (κ1) is 11.7. The topological polar surface area (TPSA) is 40.5 Å². The summed E-state index contributed by atoms with van der Waals surface area (Å²) in [6.45, 7) is 3.60. The molecular weight excluding hydrogens is 190 g/mol. The molecule has 0 aromatic heterocycles. The van der Waals surface area contributed by atoms with E-state index in [9.17, 15) is 4.79 Å². The smallest absolute Gasteiger partial charge is 0.152 e. The second kappa shape index (κ2) is 6.19. The minimum absolute atomic E-state index is 0.104. The number of hydrogen-bond donors (Lipinski definition) is 1. The molecule has 3 heteroatoms. The van der Waals surface area contributed by atoms with E-state index in [4.69, 9.17) is 5.11 Å². The van der Waals surface area contributed by atoms with Crippen LogP contribution >= 0.6 is 0 Å². The van der Waals surface area contributed by atoms with E-state index >= 15 is 0 Å². The van der Waals surface area contributed by atoms with Gasteiger partial charge in [0.1, 0.15) is 0 Å². The molecule has 3 nitrogen and oxygen atoms in total. The van der Waals surface area contributed by atoms with Gasteiger partial charge in [0, 0.05) is 24.3 Å². The van der Waals surface area contributed by atoms with Crippen molar-refractivity contribution in [1.82, 2.24) is 0 Å². The maximum atomic E-state index is 10.9. The lowest BCUT2D eigenvalue weighted by Crippen LogP contribution is -2.28. The van der Waals surface area contributed by atoms with Gasteiger partial charge in [0.15, 0.2) is 6.29 Å². The Bertz CT molecular complexity index is 306. The monoisotopic (exact) mass is 207 g/mol. The highest BCUT2D eigenvalue weighted by Crippen LogP contribution is 2.18. The zero-order valence-electron chi connectivity index (χ0n) is 9.02. The number of anilines is 1. The van der Waals surface area contributed by atoms with E-state index < -0.39 is 0 Å². The van der Waals surface area contributed by atoms with Crippen LogP contribution in [0.15, 0.2) is 24.3 Å². The third kappa shape index (κ3) is 3.06. The summed E-state index contributed by atoms with van der Waals surface area (Å²) in [4.78, 5) is 12.9. The number of para-hydroxylation sites is 1. The average molecular weight is 207 g/mol. The lowest BCUT2D eigenvalue weighted by molar-refractivity contribution is 0.112. The van der Waals surface area contributed by atoms with Gasteiger partial charge in [-0.3, -0.25) is 4.79 Å². The molecule has 0 aliphatic carbocycles. The van der Waals surface area contributed by atoms with E-state index in [0.717, 1.165) is 24.9 Å². The molecule has 15 heavy (non-hydrogen) atoms. The number of nitrogens with zero attached hydrogens (tertiary/aromatic N) is 1. The van der Waals surface area contributed by atoms with Crippen LogP contribution in [0.5, 0.6) is 0 Å². The molecule has 1 rings (SSSR count). The standard InChI is InChI=1S/C12H17NO2/c1-2-7-13(8-9-14)12-6-4-3-5-11(12)10-15/h3-6,10,14H,2,7-9H2,1H3. The zero-order valence-corrected chi connectivity index (χ0v) is 9.02. The number of aldehydes is 1. The summed E-state index contributed by atoms with van der Waals surface area (Å²) in [7, 11) is 0. The number of aliphatic hydroxyl groups excluding tert-OH is 1. The van der Waals surface area contributed by atoms with E-state index in [2.05, 4.69) is 6.92 Å². The molecule has 0 amide bonds. The van der Waals surface area contributed by atoms with Gasteiger partial charge in [-0.15, -0.1) is 0 Å². The summed E-state index contributed by atoms with van der Waals surface area (Å²) in [6.07, 6.45) is 1.85. The molecule has 1 aromatic carbocycles. The van der Waals surface area contributed by atoms with Gasteiger partial charge in [0.25, 0.3) is 0 Å². The number of carbonyl (C=O) groups excluding carboxylic acids is 1. The highest BCUT2D eigenvalue weighted by molar-refractivity contribution is 5.84. The molecule has 0 saturated carbocycles. The normalized spacial score (nSPS) is 10.0. The van der Waals surface area contributed by atoms with Gasteiger partial charge in [-0.25, -0.2) is 0 Å². The molecule has 0 bridgehead atoms. The number of benzene rings is 1. The van der Waals surface area contributed by atoms with E-state index in [1.165, 1.54) is 0 Å². The number of carbonyl (C=O) groups is 1. The highest BCUT2D eigenvalue weighted by atomic mass is 16.3. The van der Waals surface area contributed by atoms with Crippen molar-refractivity contribution in [3.8, 4) is 0 Å². The Kier molecular flexibility index (Phi) is 4.84. The maximum Gasteiger partial charge on any atom is 0.152 e. The van der Waals surface area contributed by atoms with Crippen molar-refractivity contribution < 1.29 is 9.90 Å². The van der Waals surface area contributed by atoms with Crippen molar-refractivity contribution >= 4 is 12.0 Å². The number of aliphatic hydroxyl groups is 1. The van der Waals surface area contributed by atoms with Gasteiger partial charge in [-0.2, -0.15) is 0 Å². The predicted octanol–water partition coefficient (Wildman–Crippen LogP) is 1.71. The van der Waals surface area contributed by atoms with Crippen molar-refractivity contribution in [2.45, 2.75) is 13.3 Å². The van der Waals surface area contributed by atoms with Crippen molar-refractivity contribution in [2.75, 3.05) is 24.6 Å². The molecule has 0 atom stereocenters. The maximum absolute atomic E-state index is 10.9. The van der Waals surface area contributed by atoms with Crippen molar-refractivity contribution in [3.05, 3.63) is 29.8 Å². The lowest BCUT2D eigenvalue weighted by atomic mass is 10.1. The molecule has 0 saturated heterocycles. The third-order valence-corrected chi connectivity index (χ3v) is 2.27. The Morgan fingerprint density at radius 1 is 1.33 bits per heavy atom. The zero-order chi connectivity index (χ0) is 11.1. The average Bonchev–Trinajstić information content (AvgIpc) is 2.29. The van der Waals surface area contributed by atoms with Gasteiger partial charge in [0.05, 0.1) is 6.61 Å². The molecule has 0 fully saturated rings. The third-order valence-electron chi connectivity index (χ3n) is 2.27. The largest absolute Gasteiger partial charge is 0.395 e. The first-order valence-electron chi connectivity index (χ1n) is 5.23. The van der Waals surface area contributed by atoms with Gasteiger partial charge < -0.3 is 10.0 Å². The Hall–Kier alpha value is -1.35. The van der Waals surface area contributed by atoms with Crippen LogP contribution in [0.2, 0.25) is 0 Å². The Balaban J connectivity index is 2.92. The predicted molar refractivity (Wildman–Crippen MR) is 61.4 cm³/mol. The SMILES string of the molecule is CCCN(CCO)c1ccccc1C=O. The molecule has 0 aliphatic heterocycles. The van der Waals surface area contributed by atoms with Crippen LogP contribution < -0.4 is 4.90 Å². The minimum atomic E-state index is 0.104. The summed E-state index contributed by atoms with van der Waals surface area (Å²) in [5.41, 5.74) is 1.59. The van der Waals surface area contributed by atoms with Gasteiger partial charge in [-0.1, -0.05) is 19.1 Å². The molecule has 0 spiro atoms. The van der Waals surface area contributed by atoms with Gasteiger partial charge >= 0.3 is 0 Å². The molecule has 0 aliphatic rings. The highest BCUT2D eigenvalue weighted by Gasteiger charge is 2.08. The van der Waals surface area contributed by atoms with Crippen LogP contribution in [-0.4, -0.2) is 31.1 Å². The fourth-order valence-corrected chi connectivity index (χ4v) is 1.62. The molecule has 0 radical (unpaired) electrons. The van der Waals surface area contributed by atoms with Crippen LogP contribution in [-0.2, 0) is 0 Å². The second-order valence-corrected chi connectivity index (χ2v) is 3.39. The number of rotatable bonds is 6. The molecule has 0 unspecified atom stereocenters.